The number of hydrogen-bond donors (Lipinski definition) is 2. The molecule has 2 aliphatic rings. The summed E-state index contributed by atoms with van der Waals surface area (Å²) in [5, 5.41) is 7.35. The van der Waals surface area contributed by atoms with Crippen LogP contribution in [0.25, 0.3) is 0 Å². The summed E-state index contributed by atoms with van der Waals surface area (Å²) >= 11 is 0. The lowest BCUT2D eigenvalue weighted by Crippen LogP contribution is -2.30. The smallest absolute Gasteiger partial charge is 0.0388 e. The molecule has 102 valence electrons. The summed E-state index contributed by atoms with van der Waals surface area (Å²) in [6.07, 6.45) is 2.45. The zero-order chi connectivity index (χ0) is 13.4. The number of para-hydroxylation sites is 1. The lowest BCUT2D eigenvalue weighted by molar-refractivity contribution is 0.493. The molecular weight excluding hydrogens is 244 g/mol. The van der Waals surface area contributed by atoms with Crippen LogP contribution in [-0.2, 0) is 0 Å². The van der Waals surface area contributed by atoms with Gasteiger partial charge < -0.3 is 10.6 Å². The number of anilines is 1. The van der Waals surface area contributed by atoms with Gasteiger partial charge >= 0.3 is 0 Å². The summed E-state index contributed by atoms with van der Waals surface area (Å²) in [5.74, 6) is 0.707. The molecule has 0 bridgehead atoms. The van der Waals surface area contributed by atoms with Crippen molar-refractivity contribution in [2.45, 2.75) is 30.8 Å². The van der Waals surface area contributed by atoms with Crippen LogP contribution in [0.15, 0.2) is 54.6 Å². The van der Waals surface area contributed by atoms with Crippen molar-refractivity contribution in [1.29, 1.82) is 0 Å². The van der Waals surface area contributed by atoms with E-state index in [-0.39, 0.29) is 0 Å². The maximum atomic E-state index is 3.86. The quantitative estimate of drug-likeness (QED) is 0.883. The highest BCUT2D eigenvalue weighted by molar-refractivity contribution is 5.54. The van der Waals surface area contributed by atoms with E-state index in [0.717, 1.165) is 6.54 Å². The number of fused-ring (bicyclic) bond motifs is 1. The maximum absolute atomic E-state index is 3.86. The summed E-state index contributed by atoms with van der Waals surface area (Å²) < 4.78 is 0. The summed E-state index contributed by atoms with van der Waals surface area (Å²) in [5.41, 5.74) is 4.21. The Labute approximate surface area is 120 Å². The van der Waals surface area contributed by atoms with Gasteiger partial charge in [-0.25, -0.2) is 0 Å². The van der Waals surface area contributed by atoms with Gasteiger partial charge in [0.25, 0.3) is 0 Å². The Balaban J connectivity index is 1.47. The number of nitrogens with one attached hydrogen (secondary N) is 2. The Bertz CT molecular complexity index is 593. The van der Waals surface area contributed by atoms with E-state index < -0.39 is 0 Å². The third-order valence-electron chi connectivity index (χ3n) is 4.52. The molecule has 0 saturated heterocycles. The molecule has 2 N–H and O–H groups in total. The van der Waals surface area contributed by atoms with Gasteiger partial charge in [-0.2, -0.15) is 0 Å². The van der Waals surface area contributed by atoms with Crippen LogP contribution in [0.5, 0.6) is 0 Å². The van der Waals surface area contributed by atoms with Crippen molar-refractivity contribution in [2.24, 2.45) is 0 Å². The molecule has 3 atom stereocenters. The van der Waals surface area contributed by atoms with E-state index in [1.165, 1.54) is 29.7 Å². The molecule has 0 spiro atoms. The van der Waals surface area contributed by atoms with Crippen molar-refractivity contribution in [3.8, 4) is 0 Å². The van der Waals surface area contributed by atoms with Crippen LogP contribution in [0.2, 0.25) is 0 Å². The van der Waals surface area contributed by atoms with E-state index in [1.807, 2.05) is 0 Å². The Kier molecular flexibility index (Phi) is 2.96. The zero-order valence-electron chi connectivity index (χ0n) is 11.5. The average molecular weight is 264 g/mol. The Morgan fingerprint density at radius 1 is 0.950 bits per heavy atom. The monoisotopic (exact) mass is 264 g/mol. The number of hydrogen-bond acceptors (Lipinski definition) is 2. The molecule has 0 radical (unpaired) electrons. The molecule has 0 aromatic heterocycles. The normalized spacial score (nSPS) is 27.5. The van der Waals surface area contributed by atoms with Crippen molar-refractivity contribution in [3.05, 3.63) is 65.7 Å². The molecule has 1 unspecified atom stereocenters. The number of benzene rings is 2. The molecule has 2 nitrogen and oxygen atoms in total. The molecule has 0 amide bonds. The van der Waals surface area contributed by atoms with Crippen LogP contribution < -0.4 is 10.6 Å². The zero-order valence-corrected chi connectivity index (χ0v) is 11.5. The van der Waals surface area contributed by atoms with Gasteiger partial charge in [-0.1, -0.05) is 48.5 Å². The molecule has 1 aliphatic heterocycles. The molecule has 20 heavy (non-hydrogen) atoms. The Hall–Kier alpha value is -1.80. The Morgan fingerprint density at radius 2 is 1.75 bits per heavy atom. The standard InChI is InChI=1S/C18H20N2/c1-2-6-13(7-3-1)15-12-18(15)20-17-10-11-19-16-9-5-4-8-14(16)17/h1-9,15,17-20H,10-12H2/t15-,17?,18+/m1/s1. The van der Waals surface area contributed by atoms with Crippen molar-refractivity contribution < 1.29 is 0 Å². The fraction of sp³-hybridized carbons (Fsp3) is 0.333. The van der Waals surface area contributed by atoms with Crippen molar-refractivity contribution in [2.75, 3.05) is 11.9 Å². The van der Waals surface area contributed by atoms with Gasteiger partial charge in [0.05, 0.1) is 0 Å². The van der Waals surface area contributed by atoms with E-state index in [0.29, 0.717) is 18.0 Å². The molecule has 1 saturated carbocycles. The van der Waals surface area contributed by atoms with Crippen LogP contribution in [0, 0.1) is 0 Å². The first-order chi connectivity index (χ1) is 9.92. The minimum Gasteiger partial charge on any atom is -0.385 e. The van der Waals surface area contributed by atoms with Crippen LogP contribution >= 0.6 is 0 Å². The first-order valence-corrected chi connectivity index (χ1v) is 7.55. The molecule has 4 rings (SSSR count). The SMILES string of the molecule is c1ccc([C@H]2C[C@@H]2NC2CCNc3ccccc32)cc1. The van der Waals surface area contributed by atoms with E-state index in [4.69, 9.17) is 0 Å². The average Bonchev–Trinajstić information content (AvgIpc) is 3.28. The maximum Gasteiger partial charge on any atom is 0.0388 e. The van der Waals surface area contributed by atoms with Gasteiger partial charge in [0, 0.05) is 30.2 Å². The molecule has 2 heteroatoms. The van der Waals surface area contributed by atoms with E-state index in [2.05, 4.69) is 65.2 Å². The molecule has 2 aromatic carbocycles. The topological polar surface area (TPSA) is 24.1 Å². The van der Waals surface area contributed by atoms with Crippen molar-refractivity contribution in [3.63, 3.8) is 0 Å². The lowest BCUT2D eigenvalue weighted by atomic mass is 9.98. The van der Waals surface area contributed by atoms with Crippen LogP contribution in [0.1, 0.15) is 35.9 Å². The summed E-state index contributed by atoms with van der Waals surface area (Å²) in [6, 6.07) is 20.7. The van der Waals surface area contributed by atoms with Crippen LogP contribution in [-0.4, -0.2) is 12.6 Å². The van der Waals surface area contributed by atoms with E-state index in [1.54, 1.807) is 0 Å². The number of rotatable bonds is 3. The molecule has 1 aliphatic carbocycles. The first-order valence-electron chi connectivity index (χ1n) is 7.55. The van der Waals surface area contributed by atoms with E-state index >= 15 is 0 Å². The minimum absolute atomic E-state index is 0.506. The first kappa shape index (κ1) is 12.0. The minimum atomic E-state index is 0.506. The predicted octanol–water partition coefficient (Wildman–Crippen LogP) is 3.69. The van der Waals surface area contributed by atoms with Gasteiger partial charge in [0.15, 0.2) is 0 Å². The summed E-state index contributed by atoms with van der Waals surface area (Å²) in [6.45, 7) is 1.07. The largest absolute Gasteiger partial charge is 0.385 e. The predicted molar refractivity (Wildman–Crippen MR) is 83.0 cm³/mol. The van der Waals surface area contributed by atoms with Gasteiger partial charge in [-0.3, -0.25) is 0 Å². The second kappa shape index (κ2) is 4.95. The second-order valence-corrected chi connectivity index (χ2v) is 5.88. The van der Waals surface area contributed by atoms with Crippen LogP contribution in [0.4, 0.5) is 5.69 Å². The van der Waals surface area contributed by atoms with Gasteiger partial charge in [0.1, 0.15) is 0 Å². The summed E-state index contributed by atoms with van der Waals surface area (Å²) in [4.78, 5) is 0. The fourth-order valence-corrected chi connectivity index (χ4v) is 3.35. The molecule has 1 heterocycles. The lowest BCUT2D eigenvalue weighted by Gasteiger charge is -2.27. The fourth-order valence-electron chi connectivity index (χ4n) is 3.35. The van der Waals surface area contributed by atoms with Gasteiger partial charge in [0.2, 0.25) is 0 Å². The van der Waals surface area contributed by atoms with E-state index in [9.17, 15) is 0 Å². The molecular formula is C18H20N2. The second-order valence-electron chi connectivity index (χ2n) is 5.88. The Morgan fingerprint density at radius 3 is 2.65 bits per heavy atom. The molecule has 1 fully saturated rings. The highest BCUT2D eigenvalue weighted by Gasteiger charge is 2.40. The van der Waals surface area contributed by atoms with Gasteiger partial charge in [-0.05, 0) is 30.0 Å². The van der Waals surface area contributed by atoms with Gasteiger partial charge in [-0.15, -0.1) is 0 Å². The van der Waals surface area contributed by atoms with Crippen molar-refractivity contribution in [1.82, 2.24) is 5.32 Å². The third-order valence-corrected chi connectivity index (χ3v) is 4.52. The summed E-state index contributed by atoms with van der Waals surface area (Å²) in [7, 11) is 0. The highest BCUT2D eigenvalue weighted by Crippen LogP contribution is 2.43. The highest BCUT2D eigenvalue weighted by atomic mass is 15.0. The third kappa shape index (κ3) is 2.20. The van der Waals surface area contributed by atoms with Crippen molar-refractivity contribution >= 4 is 5.69 Å². The van der Waals surface area contributed by atoms with Crippen LogP contribution in [0.3, 0.4) is 0 Å². The molecule has 2 aromatic rings.